The molecule has 2 unspecified atom stereocenters. The molecular formula is C19H29NO3. The zero-order valence-electron chi connectivity index (χ0n) is 14.6. The summed E-state index contributed by atoms with van der Waals surface area (Å²) >= 11 is 0. The Balaban J connectivity index is 1.88. The van der Waals surface area contributed by atoms with Crippen molar-refractivity contribution < 1.29 is 14.3 Å². The molecule has 1 heterocycles. The van der Waals surface area contributed by atoms with Crippen LogP contribution < -0.4 is 14.8 Å². The van der Waals surface area contributed by atoms with E-state index in [1.807, 2.05) is 18.2 Å². The predicted octanol–water partition coefficient (Wildman–Crippen LogP) is 3.58. The first-order valence-electron chi connectivity index (χ1n) is 8.75. The quantitative estimate of drug-likeness (QED) is 0.797. The molecule has 1 amide bonds. The van der Waals surface area contributed by atoms with Gasteiger partial charge in [0, 0.05) is 6.54 Å². The fourth-order valence-electron chi connectivity index (χ4n) is 3.00. The van der Waals surface area contributed by atoms with Gasteiger partial charge in [-0.1, -0.05) is 33.1 Å². The number of ether oxygens (including phenoxy) is 2. The van der Waals surface area contributed by atoms with E-state index in [0.29, 0.717) is 18.9 Å². The summed E-state index contributed by atoms with van der Waals surface area (Å²) in [4.78, 5) is 12.4. The number of rotatable bonds is 8. The number of benzene rings is 1. The molecule has 0 saturated heterocycles. The molecule has 1 N–H and O–H groups in total. The second kappa shape index (κ2) is 8.80. The number of methoxy groups -OCH3 is 1. The van der Waals surface area contributed by atoms with Crippen LogP contribution in [0.4, 0.5) is 0 Å². The van der Waals surface area contributed by atoms with E-state index in [0.717, 1.165) is 30.0 Å². The molecule has 1 aliphatic rings. The molecule has 0 aromatic heterocycles. The zero-order chi connectivity index (χ0) is 16.7. The van der Waals surface area contributed by atoms with Gasteiger partial charge in [0.25, 0.3) is 0 Å². The molecular weight excluding hydrogens is 290 g/mol. The maximum absolute atomic E-state index is 12.4. The first-order valence-corrected chi connectivity index (χ1v) is 8.75. The van der Waals surface area contributed by atoms with Crippen molar-refractivity contribution in [1.82, 2.24) is 5.32 Å². The van der Waals surface area contributed by atoms with Gasteiger partial charge < -0.3 is 14.8 Å². The number of unbranched alkanes of at least 4 members (excludes halogenated alkanes) is 1. The van der Waals surface area contributed by atoms with Crippen molar-refractivity contribution in [2.45, 2.75) is 46.0 Å². The van der Waals surface area contributed by atoms with E-state index < -0.39 is 0 Å². The minimum absolute atomic E-state index is 0.105. The minimum atomic E-state index is -0.113. The molecule has 4 nitrogen and oxygen atoms in total. The highest BCUT2D eigenvalue weighted by molar-refractivity contribution is 5.79. The number of nitrogens with one attached hydrogen (secondary N) is 1. The van der Waals surface area contributed by atoms with Crippen molar-refractivity contribution in [1.29, 1.82) is 0 Å². The normalized spacial score (nSPS) is 17.8. The molecule has 1 aromatic rings. The Kier molecular flexibility index (Phi) is 6.75. The van der Waals surface area contributed by atoms with Gasteiger partial charge in [-0.3, -0.25) is 4.79 Å². The minimum Gasteiger partial charge on any atom is -0.497 e. The molecule has 2 rings (SSSR count). The second-order valence-electron chi connectivity index (χ2n) is 6.35. The van der Waals surface area contributed by atoms with Crippen molar-refractivity contribution in [3.05, 3.63) is 23.8 Å². The molecule has 4 heteroatoms. The number of carbonyl (C=O) groups is 1. The van der Waals surface area contributed by atoms with E-state index in [2.05, 4.69) is 19.2 Å². The molecule has 1 aliphatic heterocycles. The van der Waals surface area contributed by atoms with Gasteiger partial charge in [-0.05, 0) is 42.5 Å². The summed E-state index contributed by atoms with van der Waals surface area (Å²) in [6, 6.07) is 5.77. The Labute approximate surface area is 139 Å². The zero-order valence-corrected chi connectivity index (χ0v) is 14.6. The summed E-state index contributed by atoms with van der Waals surface area (Å²) in [6.45, 7) is 5.63. The number of fused-ring (bicyclic) bond motifs is 1. The van der Waals surface area contributed by atoms with E-state index >= 15 is 0 Å². The number of hydrogen-bond donors (Lipinski definition) is 1. The van der Waals surface area contributed by atoms with Crippen LogP contribution in [-0.4, -0.2) is 26.2 Å². The van der Waals surface area contributed by atoms with Crippen molar-refractivity contribution >= 4 is 5.91 Å². The maximum atomic E-state index is 12.4. The number of amides is 1. The Morgan fingerprint density at radius 3 is 2.96 bits per heavy atom. The maximum Gasteiger partial charge on any atom is 0.226 e. The van der Waals surface area contributed by atoms with Crippen molar-refractivity contribution in [3.63, 3.8) is 0 Å². The van der Waals surface area contributed by atoms with Crippen molar-refractivity contribution in [3.8, 4) is 11.5 Å². The highest BCUT2D eigenvalue weighted by atomic mass is 16.5. The first kappa shape index (κ1) is 17.6. The highest BCUT2D eigenvalue weighted by Crippen LogP contribution is 2.30. The molecule has 0 saturated carbocycles. The largest absolute Gasteiger partial charge is 0.497 e. The SMILES string of the molecule is CCCCC(CC)CNC(=O)C1COc2ccc(OC)cc2C1. The van der Waals surface area contributed by atoms with Gasteiger partial charge in [0.1, 0.15) is 18.1 Å². The lowest BCUT2D eigenvalue weighted by Gasteiger charge is -2.25. The van der Waals surface area contributed by atoms with E-state index in [1.165, 1.54) is 19.3 Å². The smallest absolute Gasteiger partial charge is 0.226 e. The third-order valence-corrected chi connectivity index (χ3v) is 4.65. The molecule has 0 fully saturated rings. The van der Waals surface area contributed by atoms with Crippen LogP contribution in [0, 0.1) is 11.8 Å². The van der Waals surface area contributed by atoms with Crippen LogP contribution in [0.3, 0.4) is 0 Å². The van der Waals surface area contributed by atoms with Crippen LogP contribution in [0.2, 0.25) is 0 Å². The summed E-state index contributed by atoms with van der Waals surface area (Å²) in [5.41, 5.74) is 1.05. The highest BCUT2D eigenvalue weighted by Gasteiger charge is 2.26. The van der Waals surface area contributed by atoms with Crippen LogP contribution in [-0.2, 0) is 11.2 Å². The molecule has 0 spiro atoms. The third kappa shape index (κ3) is 4.88. The summed E-state index contributed by atoms with van der Waals surface area (Å²) in [5.74, 6) is 2.24. The standard InChI is InChI=1S/C19H29NO3/c1-4-6-7-14(5-2)12-20-19(21)16-10-15-11-17(22-3)8-9-18(15)23-13-16/h8-9,11,14,16H,4-7,10,12-13H2,1-3H3,(H,20,21). The van der Waals surface area contributed by atoms with Gasteiger partial charge in [-0.2, -0.15) is 0 Å². The van der Waals surface area contributed by atoms with Crippen LogP contribution >= 0.6 is 0 Å². The third-order valence-electron chi connectivity index (χ3n) is 4.65. The molecule has 128 valence electrons. The van der Waals surface area contributed by atoms with Gasteiger partial charge >= 0.3 is 0 Å². The topological polar surface area (TPSA) is 47.6 Å². The summed E-state index contributed by atoms with van der Waals surface area (Å²) in [6.07, 6.45) is 5.45. The summed E-state index contributed by atoms with van der Waals surface area (Å²) < 4.78 is 11.0. The molecule has 0 radical (unpaired) electrons. The molecule has 2 atom stereocenters. The van der Waals surface area contributed by atoms with Gasteiger partial charge in [0.2, 0.25) is 5.91 Å². The average Bonchev–Trinajstić information content (AvgIpc) is 2.60. The fraction of sp³-hybridized carbons (Fsp3) is 0.632. The monoisotopic (exact) mass is 319 g/mol. The Hall–Kier alpha value is -1.71. The van der Waals surface area contributed by atoms with Gasteiger partial charge in [-0.25, -0.2) is 0 Å². The first-order chi connectivity index (χ1) is 11.2. The van der Waals surface area contributed by atoms with E-state index in [-0.39, 0.29) is 11.8 Å². The van der Waals surface area contributed by atoms with Crippen LogP contribution in [0.1, 0.15) is 45.1 Å². The second-order valence-corrected chi connectivity index (χ2v) is 6.35. The summed E-state index contributed by atoms with van der Waals surface area (Å²) in [7, 11) is 1.65. The Morgan fingerprint density at radius 1 is 1.43 bits per heavy atom. The molecule has 23 heavy (non-hydrogen) atoms. The molecule has 0 aliphatic carbocycles. The molecule has 0 bridgehead atoms. The van der Waals surface area contributed by atoms with Crippen LogP contribution in [0.25, 0.3) is 0 Å². The van der Waals surface area contributed by atoms with Crippen molar-refractivity contribution in [2.24, 2.45) is 11.8 Å². The van der Waals surface area contributed by atoms with Crippen molar-refractivity contribution in [2.75, 3.05) is 20.3 Å². The lowest BCUT2D eigenvalue weighted by Crippen LogP contribution is -2.39. The lowest BCUT2D eigenvalue weighted by atomic mass is 9.95. The van der Waals surface area contributed by atoms with E-state index in [4.69, 9.17) is 9.47 Å². The van der Waals surface area contributed by atoms with Crippen LogP contribution in [0.15, 0.2) is 18.2 Å². The van der Waals surface area contributed by atoms with E-state index in [1.54, 1.807) is 7.11 Å². The van der Waals surface area contributed by atoms with Gasteiger partial charge in [-0.15, -0.1) is 0 Å². The van der Waals surface area contributed by atoms with E-state index in [9.17, 15) is 4.79 Å². The van der Waals surface area contributed by atoms with Gasteiger partial charge in [0.05, 0.1) is 13.0 Å². The Bertz CT molecular complexity index is 515. The summed E-state index contributed by atoms with van der Waals surface area (Å²) in [5, 5.41) is 3.12. The number of hydrogen-bond acceptors (Lipinski definition) is 3. The molecule has 1 aromatic carbocycles. The van der Waals surface area contributed by atoms with Crippen LogP contribution in [0.5, 0.6) is 11.5 Å². The van der Waals surface area contributed by atoms with Gasteiger partial charge in [0.15, 0.2) is 0 Å². The lowest BCUT2D eigenvalue weighted by molar-refractivity contribution is -0.126. The fourth-order valence-corrected chi connectivity index (χ4v) is 3.00. The number of carbonyl (C=O) groups excluding carboxylic acids is 1. The average molecular weight is 319 g/mol. The predicted molar refractivity (Wildman–Crippen MR) is 92.0 cm³/mol. The Morgan fingerprint density at radius 2 is 2.26 bits per heavy atom.